The summed E-state index contributed by atoms with van der Waals surface area (Å²) in [7, 11) is 0. The summed E-state index contributed by atoms with van der Waals surface area (Å²) in [5.74, 6) is 8.38. The summed E-state index contributed by atoms with van der Waals surface area (Å²) >= 11 is 0. The van der Waals surface area contributed by atoms with Gasteiger partial charge in [0.05, 0.1) is 0 Å². The lowest BCUT2D eigenvalue weighted by molar-refractivity contribution is 0.408. The number of hydrogen-bond donors (Lipinski definition) is 1. The molecule has 0 aliphatic heterocycles. The number of phenolic OH excluding ortho intramolecular Hbond substituents is 1. The van der Waals surface area contributed by atoms with Gasteiger partial charge >= 0.3 is 0 Å². The molecular formula is C54H34F4O2. The minimum atomic E-state index is -1.24. The van der Waals surface area contributed by atoms with Crippen LogP contribution in [0.4, 0.5) is 17.6 Å². The number of terminal acetylenes is 1. The summed E-state index contributed by atoms with van der Waals surface area (Å²) in [6.45, 7) is 0. The zero-order valence-corrected chi connectivity index (χ0v) is 32.1. The van der Waals surface area contributed by atoms with Gasteiger partial charge in [-0.15, -0.1) is 6.42 Å². The van der Waals surface area contributed by atoms with E-state index in [2.05, 4.69) is 114 Å². The maximum absolute atomic E-state index is 15.0. The maximum Gasteiger partial charge on any atom is 0.203 e. The Morgan fingerprint density at radius 1 is 0.417 bits per heavy atom. The predicted molar refractivity (Wildman–Crippen MR) is 230 cm³/mol. The summed E-state index contributed by atoms with van der Waals surface area (Å²) < 4.78 is 62.9. The van der Waals surface area contributed by atoms with Gasteiger partial charge in [-0.3, -0.25) is 0 Å². The molecule has 0 spiro atoms. The molecule has 0 aromatic heterocycles. The van der Waals surface area contributed by atoms with Gasteiger partial charge < -0.3 is 9.84 Å². The Morgan fingerprint density at radius 3 is 1.32 bits per heavy atom. The first-order valence-corrected chi connectivity index (χ1v) is 19.0. The lowest BCUT2D eigenvalue weighted by Gasteiger charge is -2.10. The van der Waals surface area contributed by atoms with Crippen LogP contribution in [0.25, 0.3) is 44.5 Å². The van der Waals surface area contributed by atoms with E-state index in [0.29, 0.717) is 11.1 Å². The second-order valence-electron chi connectivity index (χ2n) is 13.8. The molecule has 0 unspecified atom stereocenters. The fourth-order valence-corrected chi connectivity index (χ4v) is 6.72. The van der Waals surface area contributed by atoms with Crippen LogP contribution in [0, 0.1) is 71.3 Å². The van der Waals surface area contributed by atoms with Crippen molar-refractivity contribution in [3.05, 3.63) is 191 Å². The zero-order chi connectivity index (χ0) is 41.8. The summed E-state index contributed by atoms with van der Waals surface area (Å²) in [6.07, 6.45) is 10.4. The lowest BCUT2D eigenvalue weighted by atomic mass is 9.96. The fourth-order valence-electron chi connectivity index (χ4n) is 6.72. The average Bonchev–Trinajstić information content (AvgIpc) is 3.29. The van der Waals surface area contributed by atoms with Crippen LogP contribution in [-0.4, -0.2) is 5.11 Å². The third-order valence-electron chi connectivity index (χ3n) is 10.0. The van der Waals surface area contributed by atoms with Crippen LogP contribution in [0.2, 0.25) is 0 Å². The summed E-state index contributed by atoms with van der Waals surface area (Å²) in [5, 5.41) is 9.42. The first kappa shape index (κ1) is 40.3. The molecule has 0 heterocycles. The van der Waals surface area contributed by atoms with Gasteiger partial charge in [0.2, 0.25) is 11.6 Å². The second-order valence-corrected chi connectivity index (χ2v) is 13.8. The first-order chi connectivity index (χ1) is 29.3. The highest BCUT2D eigenvalue weighted by Crippen LogP contribution is 2.32. The van der Waals surface area contributed by atoms with Crippen molar-refractivity contribution in [2.75, 3.05) is 0 Å². The Morgan fingerprint density at radius 2 is 0.833 bits per heavy atom. The molecule has 6 heteroatoms. The van der Waals surface area contributed by atoms with E-state index in [1.54, 1.807) is 24.3 Å². The van der Waals surface area contributed by atoms with Gasteiger partial charge in [-0.05, 0) is 129 Å². The van der Waals surface area contributed by atoms with Crippen molar-refractivity contribution in [2.45, 2.75) is 25.7 Å². The van der Waals surface area contributed by atoms with Gasteiger partial charge in [-0.1, -0.05) is 115 Å². The highest BCUT2D eigenvalue weighted by atomic mass is 19.2. The van der Waals surface area contributed by atoms with Gasteiger partial charge in [0.15, 0.2) is 23.1 Å². The smallest absolute Gasteiger partial charge is 0.203 e. The van der Waals surface area contributed by atoms with Gasteiger partial charge in [-0.2, -0.15) is 8.78 Å². The molecule has 0 aliphatic rings. The van der Waals surface area contributed by atoms with Crippen LogP contribution in [0.3, 0.4) is 0 Å². The summed E-state index contributed by atoms with van der Waals surface area (Å²) in [4.78, 5) is 0. The van der Waals surface area contributed by atoms with Crippen molar-refractivity contribution in [3.8, 4) is 104 Å². The topological polar surface area (TPSA) is 29.5 Å². The van der Waals surface area contributed by atoms with E-state index in [1.807, 2.05) is 24.3 Å². The molecule has 0 bridgehead atoms. The molecule has 0 amide bonds. The molecule has 0 saturated carbocycles. The summed E-state index contributed by atoms with van der Waals surface area (Å²) in [6, 6.07) is 45.6. The minimum Gasteiger partial charge on any atom is -0.505 e. The minimum absolute atomic E-state index is 0.110. The molecule has 0 atom stereocenters. The monoisotopic (exact) mass is 790 g/mol. The van der Waals surface area contributed by atoms with Crippen LogP contribution >= 0.6 is 0 Å². The van der Waals surface area contributed by atoms with E-state index in [-0.39, 0.29) is 16.9 Å². The number of aryl methyl sites for hydroxylation is 4. The zero-order valence-electron chi connectivity index (χ0n) is 32.1. The third kappa shape index (κ3) is 9.79. The van der Waals surface area contributed by atoms with Crippen molar-refractivity contribution in [1.82, 2.24) is 0 Å². The number of phenols is 1. The van der Waals surface area contributed by atoms with Crippen LogP contribution in [0.5, 0.6) is 11.5 Å². The number of ether oxygens (including phenoxy) is 1. The number of halogens is 4. The molecule has 290 valence electrons. The number of aromatic hydroxyl groups is 1. The predicted octanol–water partition coefficient (Wildman–Crippen LogP) is 12.2. The van der Waals surface area contributed by atoms with Gasteiger partial charge in [0.1, 0.15) is 6.11 Å². The Hall–Kier alpha value is -7.90. The normalized spacial score (nSPS) is 10.2. The standard InChI is InChI=1S/C54H34F4O2/c1-2-3-4-5-6-7-35-60-50-34-32-48(52(56)54(50)58)44-29-21-40(22-30-44)14-12-38-17-25-42(26-18-38)46-10-8-9-45(36-46)41-23-15-37(16-24-41)11-13-39-19-27-43(28-20-39)47-31-33-49(59)53(57)51(47)55/h1,8-10,15-34,36,59H,11-14H2. The van der Waals surface area contributed by atoms with Crippen LogP contribution in [-0.2, 0) is 25.7 Å². The highest BCUT2D eigenvalue weighted by Gasteiger charge is 2.17. The molecule has 0 saturated heterocycles. The highest BCUT2D eigenvalue weighted by molar-refractivity contribution is 5.73. The van der Waals surface area contributed by atoms with Crippen molar-refractivity contribution in [1.29, 1.82) is 0 Å². The van der Waals surface area contributed by atoms with E-state index in [1.165, 1.54) is 29.3 Å². The van der Waals surface area contributed by atoms with Gasteiger partial charge in [0, 0.05) is 28.9 Å². The van der Waals surface area contributed by atoms with Crippen molar-refractivity contribution >= 4 is 0 Å². The number of hydrogen-bond acceptors (Lipinski definition) is 2. The van der Waals surface area contributed by atoms with E-state index < -0.39 is 29.0 Å². The number of rotatable bonds is 11. The molecule has 7 rings (SSSR count). The Kier molecular flexibility index (Phi) is 12.8. The lowest BCUT2D eigenvalue weighted by Crippen LogP contribution is -1.96. The van der Waals surface area contributed by atoms with Crippen LogP contribution in [0.1, 0.15) is 22.3 Å². The summed E-state index contributed by atoms with van der Waals surface area (Å²) in [5.41, 5.74) is 10.3. The quantitative estimate of drug-likeness (QED) is 0.104. The third-order valence-corrected chi connectivity index (χ3v) is 10.0. The SMILES string of the molecule is C#CC#CC#CC#COc1ccc(-c2ccc(CCc3ccc(-c4cccc(-c5ccc(CCc6ccc(-c7ccc(O)c(F)c7F)cc6)cc5)c4)cc3)cc2)c(F)c1F. The fraction of sp³-hybridized carbons (Fsp3) is 0.0741. The molecule has 60 heavy (non-hydrogen) atoms. The molecular weight excluding hydrogens is 757 g/mol. The van der Waals surface area contributed by atoms with Crippen molar-refractivity contribution in [2.24, 2.45) is 0 Å². The Balaban J connectivity index is 0.915. The molecule has 7 aromatic carbocycles. The van der Waals surface area contributed by atoms with Crippen LogP contribution < -0.4 is 4.74 Å². The molecule has 0 fully saturated rings. The van der Waals surface area contributed by atoms with E-state index >= 15 is 0 Å². The second kappa shape index (κ2) is 19.0. The van der Waals surface area contributed by atoms with E-state index in [0.717, 1.165) is 65.1 Å². The number of benzene rings is 7. The molecule has 1 N–H and O–H groups in total. The Bertz CT molecular complexity index is 2890. The largest absolute Gasteiger partial charge is 0.505 e. The van der Waals surface area contributed by atoms with Gasteiger partial charge in [0.25, 0.3) is 0 Å². The maximum atomic E-state index is 15.0. The van der Waals surface area contributed by atoms with Crippen LogP contribution in [0.15, 0.2) is 146 Å². The first-order valence-electron chi connectivity index (χ1n) is 19.0. The molecule has 2 nitrogen and oxygen atoms in total. The Labute approximate surface area is 347 Å². The van der Waals surface area contributed by atoms with E-state index in [4.69, 9.17) is 11.2 Å². The molecule has 7 aromatic rings. The van der Waals surface area contributed by atoms with Gasteiger partial charge in [-0.25, -0.2) is 8.78 Å². The van der Waals surface area contributed by atoms with Crippen molar-refractivity contribution in [3.63, 3.8) is 0 Å². The molecule has 0 radical (unpaired) electrons. The molecule has 0 aliphatic carbocycles. The van der Waals surface area contributed by atoms with E-state index in [9.17, 15) is 22.7 Å². The van der Waals surface area contributed by atoms with Crippen molar-refractivity contribution < 1.29 is 27.4 Å². The average molecular weight is 791 g/mol.